The Kier molecular flexibility index (Phi) is 8.15. The van der Waals surface area contributed by atoms with Gasteiger partial charge in [0.25, 0.3) is 0 Å². The maximum absolute atomic E-state index is 13.4. The molecule has 3 aromatic rings. The van der Waals surface area contributed by atoms with Gasteiger partial charge < -0.3 is 19.3 Å². The molecule has 0 spiro atoms. The van der Waals surface area contributed by atoms with E-state index in [1.807, 2.05) is 18.1 Å². The summed E-state index contributed by atoms with van der Waals surface area (Å²) in [5.41, 5.74) is -1.99. The van der Waals surface area contributed by atoms with Crippen molar-refractivity contribution in [2.24, 2.45) is 7.05 Å². The molecule has 1 saturated heterocycles. The molecule has 2 atom stereocenters. The van der Waals surface area contributed by atoms with Crippen LogP contribution in [-0.4, -0.2) is 65.8 Å². The summed E-state index contributed by atoms with van der Waals surface area (Å²) in [4.78, 5) is 6.57. The molecule has 0 amide bonds. The first-order valence-electron chi connectivity index (χ1n) is 11.8. The third kappa shape index (κ3) is 5.86. The quantitative estimate of drug-likeness (QED) is 0.403. The minimum absolute atomic E-state index is 0.0919. The molecule has 38 heavy (non-hydrogen) atoms. The molecule has 1 aliphatic heterocycles. The standard InChI is InChI=1S/C25H29F3N4O4S2/c1-24(33,25(26,27)28)18-7-9-20(10-8-18)32-12-11-31(38(34,35)23-6-4-3-5-22(23)37)14-21(32)16-36-15-19-13-30(2)17-29-19/h3-10,13,17,21,33,37H,11-12,14-16H2,1-2H3/t21-,24+/m1/s1. The summed E-state index contributed by atoms with van der Waals surface area (Å²) in [5.74, 6) is 0. The Morgan fingerprint density at radius 2 is 1.82 bits per heavy atom. The number of anilines is 1. The first-order chi connectivity index (χ1) is 17.8. The zero-order chi connectivity index (χ0) is 27.7. The van der Waals surface area contributed by atoms with Crippen molar-refractivity contribution in [2.45, 2.75) is 41.1 Å². The third-order valence-electron chi connectivity index (χ3n) is 6.56. The summed E-state index contributed by atoms with van der Waals surface area (Å²) in [6, 6.07) is 11.5. The van der Waals surface area contributed by atoms with Crippen LogP contribution < -0.4 is 4.90 Å². The fraction of sp³-hybridized carbons (Fsp3) is 0.400. The lowest BCUT2D eigenvalue weighted by Crippen LogP contribution is -2.56. The van der Waals surface area contributed by atoms with Crippen LogP contribution in [0.15, 0.2) is 70.8 Å². The van der Waals surface area contributed by atoms with Gasteiger partial charge >= 0.3 is 6.18 Å². The maximum atomic E-state index is 13.4. The smallest absolute Gasteiger partial charge is 0.376 e. The minimum Gasteiger partial charge on any atom is -0.376 e. The number of aromatic nitrogens is 2. The highest BCUT2D eigenvalue weighted by Gasteiger charge is 2.51. The zero-order valence-electron chi connectivity index (χ0n) is 20.8. The van der Waals surface area contributed by atoms with Gasteiger partial charge in [-0.05, 0) is 36.8 Å². The van der Waals surface area contributed by atoms with Crippen LogP contribution in [0.2, 0.25) is 0 Å². The Bertz CT molecular complexity index is 1360. The Morgan fingerprint density at radius 3 is 2.42 bits per heavy atom. The average Bonchev–Trinajstić information content (AvgIpc) is 3.28. The molecule has 2 aromatic carbocycles. The first kappa shape index (κ1) is 28.4. The van der Waals surface area contributed by atoms with Crippen LogP contribution in [0.3, 0.4) is 0 Å². The van der Waals surface area contributed by atoms with Crippen molar-refractivity contribution in [3.8, 4) is 0 Å². The number of benzene rings is 2. The summed E-state index contributed by atoms with van der Waals surface area (Å²) in [6.07, 6.45) is -1.38. The van der Waals surface area contributed by atoms with Crippen molar-refractivity contribution < 1.29 is 31.4 Å². The highest BCUT2D eigenvalue weighted by Crippen LogP contribution is 2.39. The molecule has 0 aliphatic carbocycles. The highest BCUT2D eigenvalue weighted by atomic mass is 32.2. The van der Waals surface area contributed by atoms with Crippen LogP contribution in [0.4, 0.5) is 18.9 Å². The van der Waals surface area contributed by atoms with Gasteiger partial charge in [-0.25, -0.2) is 13.4 Å². The van der Waals surface area contributed by atoms with E-state index in [0.717, 1.165) is 0 Å². The number of nitrogens with zero attached hydrogens (tertiary/aromatic N) is 4. The number of aryl methyl sites for hydroxylation is 1. The molecule has 0 bridgehead atoms. The van der Waals surface area contributed by atoms with E-state index in [4.69, 9.17) is 4.74 Å². The molecular weight excluding hydrogens is 541 g/mol. The Balaban J connectivity index is 1.57. The second kappa shape index (κ2) is 10.9. The molecule has 1 aliphatic rings. The number of hydrogen-bond donors (Lipinski definition) is 2. The predicted molar refractivity (Wildman–Crippen MR) is 139 cm³/mol. The lowest BCUT2D eigenvalue weighted by atomic mass is 9.95. The highest BCUT2D eigenvalue weighted by molar-refractivity contribution is 7.90. The summed E-state index contributed by atoms with van der Waals surface area (Å²) in [5, 5.41) is 10.0. The number of thiol groups is 1. The van der Waals surface area contributed by atoms with Crippen molar-refractivity contribution in [3.05, 3.63) is 72.3 Å². The lowest BCUT2D eigenvalue weighted by molar-refractivity contribution is -0.258. The molecule has 0 saturated carbocycles. The molecule has 206 valence electrons. The predicted octanol–water partition coefficient (Wildman–Crippen LogP) is 3.57. The van der Waals surface area contributed by atoms with E-state index in [1.165, 1.54) is 34.6 Å². The number of halogens is 3. The van der Waals surface area contributed by atoms with E-state index < -0.39 is 27.8 Å². The van der Waals surface area contributed by atoms with E-state index in [1.54, 1.807) is 29.1 Å². The van der Waals surface area contributed by atoms with Gasteiger partial charge in [0.05, 0.1) is 36.2 Å². The van der Waals surface area contributed by atoms with Crippen LogP contribution in [0.5, 0.6) is 0 Å². The van der Waals surface area contributed by atoms with E-state index in [0.29, 0.717) is 23.2 Å². The maximum Gasteiger partial charge on any atom is 0.421 e. The molecule has 1 fully saturated rings. The van der Waals surface area contributed by atoms with Gasteiger partial charge in [-0.15, -0.1) is 12.6 Å². The molecule has 8 nitrogen and oxygen atoms in total. The largest absolute Gasteiger partial charge is 0.421 e. The van der Waals surface area contributed by atoms with Crippen LogP contribution in [-0.2, 0) is 34.0 Å². The number of sulfonamides is 1. The molecular formula is C25H29F3N4O4S2. The lowest BCUT2D eigenvalue weighted by Gasteiger charge is -2.42. The summed E-state index contributed by atoms with van der Waals surface area (Å²) in [6.45, 7) is 1.59. The number of hydrogen-bond acceptors (Lipinski definition) is 7. The number of aliphatic hydroxyl groups is 1. The Hall–Kier alpha value is -2.58. The zero-order valence-corrected chi connectivity index (χ0v) is 22.5. The van der Waals surface area contributed by atoms with Crippen molar-refractivity contribution in [2.75, 3.05) is 31.1 Å². The van der Waals surface area contributed by atoms with Crippen molar-refractivity contribution >= 4 is 28.3 Å². The van der Waals surface area contributed by atoms with Gasteiger partial charge in [0.2, 0.25) is 10.0 Å². The molecule has 2 heterocycles. The van der Waals surface area contributed by atoms with Gasteiger partial charge in [0, 0.05) is 43.5 Å². The summed E-state index contributed by atoms with van der Waals surface area (Å²) < 4.78 is 75.7. The molecule has 13 heteroatoms. The minimum atomic E-state index is -4.83. The molecule has 0 radical (unpaired) electrons. The van der Waals surface area contributed by atoms with E-state index >= 15 is 0 Å². The fourth-order valence-electron chi connectivity index (χ4n) is 4.32. The SMILES string of the molecule is Cn1cnc(COC[C@H]2CN(S(=O)(=O)c3ccccc3S)CCN2c2ccc([C@](C)(O)C(F)(F)F)cc2)c1. The number of ether oxygens (including phenoxy) is 1. The van der Waals surface area contributed by atoms with E-state index in [2.05, 4.69) is 17.6 Å². The van der Waals surface area contributed by atoms with Crippen LogP contribution in [0, 0.1) is 0 Å². The molecule has 4 rings (SSSR count). The van der Waals surface area contributed by atoms with Crippen molar-refractivity contribution in [3.63, 3.8) is 0 Å². The van der Waals surface area contributed by atoms with Crippen molar-refractivity contribution in [1.82, 2.24) is 13.9 Å². The van der Waals surface area contributed by atoms with E-state index in [-0.39, 0.29) is 43.3 Å². The van der Waals surface area contributed by atoms with Crippen LogP contribution in [0.25, 0.3) is 0 Å². The summed E-state index contributed by atoms with van der Waals surface area (Å²) >= 11 is 4.31. The second-order valence-electron chi connectivity index (χ2n) is 9.34. The number of alkyl halides is 3. The Morgan fingerprint density at radius 1 is 1.13 bits per heavy atom. The topological polar surface area (TPSA) is 87.9 Å². The fourth-order valence-corrected chi connectivity index (χ4v) is 6.38. The van der Waals surface area contributed by atoms with Gasteiger partial charge in [-0.1, -0.05) is 24.3 Å². The Labute approximate surface area is 225 Å². The van der Waals surface area contributed by atoms with Crippen LogP contribution >= 0.6 is 12.6 Å². The summed E-state index contributed by atoms with van der Waals surface area (Å²) in [7, 11) is -2.01. The molecule has 1 aromatic heterocycles. The number of rotatable bonds is 8. The normalized spacial score (nSPS) is 18.9. The second-order valence-corrected chi connectivity index (χ2v) is 11.7. The van der Waals surface area contributed by atoms with Crippen LogP contribution in [0.1, 0.15) is 18.2 Å². The van der Waals surface area contributed by atoms with Gasteiger partial charge in [0.15, 0.2) is 5.60 Å². The first-order valence-corrected chi connectivity index (χ1v) is 13.7. The van der Waals surface area contributed by atoms with Gasteiger partial charge in [-0.3, -0.25) is 0 Å². The van der Waals surface area contributed by atoms with Gasteiger partial charge in [-0.2, -0.15) is 17.5 Å². The average molecular weight is 571 g/mol. The monoisotopic (exact) mass is 570 g/mol. The van der Waals surface area contributed by atoms with E-state index in [9.17, 15) is 26.7 Å². The van der Waals surface area contributed by atoms with Crippen molar-refractivity contribution in [1.29, 1.82) is 0 Å². The third-order valence-corrected chi connectivity index (χ3v) is 9.02. The molecule has 0 unspecified atom stereocenters. The number of imidazole rings is 1. The number of piperazine rings is 1. The van der Waals surface area contributed by atoms with Gasteiger partial charge in [0.1, 0.15) is 0 Å². The molecule has 1 N–H and O–H groups in total.